The summed E-state index contributed by atoms with van der Waals surface area (Å²) in [5.41, 5.74) is 9.18. The van der Waals surface area contributed by atoms with E-state index in [2.05, 4.69) is 47.6 Å². The second-order valence-electron chi connectivity index (χ2n) is 10.2. The number of anilines is 2. The van der Waals surface area contributed by atoms with Crippen molar-refractivity contribution in [1.29, 1.82) is 0 Å². The van der Waals surface area contributed by atoms with Crippen LogP contribution in [0.1, 0.15) is 37.4 Å². The van der Waals surface area contributed by atoms with Gasteiger partial charge in [0.2, 0.25) is 0 Å². The van der Waals surface area contributed by atoms with Crippen LogP contribution in [0.4, 0.5) is 24.9 Å². The summed E-state index contributed by atoms with van der Waals surface area (Å²) in [5, 5.41) is 7.64. The van der Waals surface area contributed by atoms with E-state index in [1.807, 2.05) is 13.0 Å². The predicted molar refractivity (Wildman–Crippen MR) is 141 cm³/mol. The van der Waals surface area contributed by atoms with E-state index in [9.17, 15) is 13.2 Å². The highest BCUT2D eigenvalue weighted by Crippen LogP contribution is 2.30. The van der Waals surface area contributed by atoms with Gasteiger partial charge in [-0.25, -0.2) is 4.98 Å². The number of aryl methyl sites for hydroxylation is 1. The average Bonchev–Trinajstić information content (AvgIpc) is 3.35. The van der Waals surface area contributed by atoms with Gasteiger partial charge in [0.15, 0.2) is 0 Å². The van der Waals surface area contributed by atoms with Crippen molar-refractivity contribution in [3.8, 4) is 17.3 Å². The molecule has 39 heavy (non-hydrogen) atoms. The molecule has 0 amide bonds. The summed E-state index contributed by atoms with van der Waals surface area (Å²) in [6.45, 7) is 9.76. The number of rotatable bonds is 7. The van der Waals surface area contributed by atoms with Crippen LogP contribution >= 0.6 is 0 Å². The number of benzene rings is 1. The van der Waals surface area contributed by atoms with Crippen LogP contribution in [-0.4, -0.2) is 76.2 Å². The maximum atomic E-state index is 12.4. The van der Waals surface area contributed by atoms with Crippen LogP contribution in [0.25, 0.3) is 11.6 Å². The molecule has 0 aliphatic carbocycles. The zero-order valence-electron chi connectivity index (χ0n) is 22.2. The molecule has 1 atom stereocenters. The summed E-state index contributed by atoms with van der Waals surface area (Å²) >= 11 is 0. The van der Waals surface area contributed by atoms with E-state index >= 15 is 0 Å². The van der Waals surface area contributed by atoms with Gasteiger partial charge in [0.05, 0.1) is 11.4 Å². The van der Waals surface area contributed by atoms with Crippen LogP contribution in [0.15, 0.2) is 40.8 Å². The Bertz CT molecular complexity index is 1240. The maximum Gasteiger partial charge on any atom is 0.573 e. The second-order valence-corrected chi connectivity index (χ2v) is 10.2. The number of piperazine rings is 1. The number of pyridine rings is 1. The van der Waals surface area contributed by atoms with Gasteiger partial charge in [0.25, 0.3) is 5.89 Å². The van der Waals surface area contributed by atoms with E-state index in [-0.39, 0.29) is 11.8 Å². The van der Waals surface area contributed by atoms with Crippen LogP contribution in [-0.2, 0) is 6.54 Å². The van der Waals surface area contributed by atoms with Crippen molar-refractivity contribution in [3.05, 3.63) is 47.7 Å². The Hall–Kier alpha value is -3.38. The van der Waals surface area contributed by atoms with Gasteiger partial charge in [-0.15, -0.1) is 18.3 Å². The molecular weight excluding hydrogens is 511 g/mol. The lowest BCUT2D eigenvalue weighted by Gasteiger charge is -2.48. The summed E-state index contributed by atoms with van der Waals surface area (Å²) in [6.07, 6.45) is -1.45. The van der Waals surface area contributed by atoms with E-state index in [0.29, 0.717) is 23.7 Å². The molecule has 5 rings (SSSR count). The van der Waals surface area contributed by atoms with Crippen molar-refractivity contribution in [2.75, 3.05) is 43.4 Å². The fraction of sp³-hybridized carbons (Fsp3) is 0.519. The van der Waals surface area contributed by atoms with Gasteiger partial charge in [-0.2, -0.15) is 0 Å². The van der Waals surface area contributed by atoms with Crippen LogP contribution in [0.3, 0.4) is 0 Å². The molecule has 2 saturated heterocycles. The lowest BCUT2D eigenvalue weighted by molar-refractivity contribution is -0.274. The molecule has 2 aliphatic heterocycles. The van der Waals surface area contributed by atoms with Crippen LogP contribution in [0.5, 0.6) is 5.75 Å². The molecule has 9 nitrogen and oxygen atoms in total. The molecular formula is C27H34F3N7O2. The zero-order chi connectivity index (χ0) is 27.6. The Balaban J connectivity index is 1.14. The Kier molecular flexibility index (Phi) is 7.94. The predicted octanol–water partition coefficient (Wildman–Crippen LogP) is 4.49. The van der Waals surface area contributed by atoms with Crippen molar-refractivity contribution in [3.63, 3.8) is 0 Å². The third-order valence-corrected chi connectivity index (χ3v) is 7.65. The number of alkyl halides is 3. The molecule has 12 heteroatoms. The number of hydrogen-bond acceptors (Lipinski definition) is 9. The van der Waals surface area contributed by atoms with Crippen LogP contribution < -0.4 is 15.4 Å². The number of halogens is 3. The van der Waals surface area contributed by atoms with E-state index in [4.69, 9.17) is 10.2 Å². The molecule has 2 fully saturated rings. The lowest BCUT2D eigenvalue weighted by Crippen LogP contribution is -2.58. The average molecular weight is 546 g/mol. The highest BCUT2D eigenvalue weighted by atomic mass is 19.4. The summed E-state index contributed by atoms with van der Waals surface area (Å²) in [7, 11) is 0. The number of nitrogens with zero attached hydrogens (tertiary/aromatic N) is 6. The van der Waals surface area contributed by atoms with Gasteiger partial charge >= 0.3 is 12.4 Å². The highest BCUT2D eigenvalue weighted by Gasteiger charge is 2.34. The Labute approximate surface area is 225 Å². The number of likely N-dealkylation sites (tertiary alicyclic amines) is 1. The minimum absolute atomic E-state index is 0.0230. The van der Waals surface area contributed by atoms with Crippen molar-refractivity contribution in [2.45, 2.75) is 58.1 Å². The Morgan fingerprint density at radius 2 is 1.77 bits per heavy atom. The fourth-order valence-electron chi connectivity index (χ4n) is 5.74. The van der Waals surface area contributed by atoms with Crippen molar-refractivity contribution < 1.29 is 22.3 Å². The number of hydrogen-bond donors (Lipinski definition) is 1. The SMILES string of the molecule is CCC1CN(c2ccc(-c3nnc(N)o3)nc2C)CCN1C1CCN(Cc2ccc(OC(F)(F)F)cc2)CC1. The third kappa shape index (κ3) is 6.62. The molecule has 0 radical (unpaired) electrons. The van der Waals surface area contributed by atoms with Gasteiger partial charge in [0, 0.05) is 38.3 Å². The molecule has 210 valence electrons. The maximum absolute atomic E-state index is 12.4. The number of ether oxygens (including phenoxy) is 1. The molecule has 2 N–H and O–H groups in total. The standard InChI is InChI=1S/C27H34F3N7O2/c1-3-20-17-36(24-9-8-23(32-18(24)2)25-33-34-26(31)38-25)14-15-37(20)21-10-12-35(13-11-21)16-19-4-6-22(7-5-19)39-27(28,29)30/h4-9,20-21H,3,10-17H2,1-2H3,(H2,31,34). The zero-order valence-corrected chi connectivity index (χ0v) is 22.2. The number of nitrogens with two attached hydrogens (primary N) is 1. The van der Waals surface area contributed by atoms with Crippen molar-refractivity contribution in [1.82, 2.24) is 25.0 Å². The lowest BCUT2D eigenvalue weighted by atomic mass is 9.97. The van der Waals surface area contributed by atoms with Crippen LogP contribution in [0.2, 0.25) is 0 Å². The monoisotopic (exact) mass is 545 g/mol. The smallest absolute Gasteiger partial charge is 0.406 e. The molecule has 1 unspecified atom stereocenters. The first-order chi connectivity index (χ1) is 18.7. The highest BCUT2D eigenvalue weighted by molar-refractivity contribution is 5.58. The summed E-state index contributed by atoms with van der Waals surface area (Å²) in [6, 6.07) is 11.2. The third-order valence-electron chi connectivity index (χ3n) is 7.65. The second kappa shape index (κ2) is 11.4. The van der Waals surface area contributed by atoms with E-state index in [1.165, 1.54) is 12.1 Å². The van der Waals surface area contributed by atoms with Gasteiger partial charge < -0.3 is 19.8 Å². The topological polar surface area (TPSA) is 96.8 Å². The molecule has 0 bridgehead atoms. The van der Waals surface area contributed by atoms with Crippen LogP contribution in [0, 0.1) is 6.92 Å². The van der Waals surface area contributed by atoms with Gasteiger partial charge in [-0.3, -0.25) is 9.80 Å². The molecule has 2 aromatic heterocycles. The summed E-state index contributed by atoms with van der Waals surface area (Å²) in [5.74, 6) is 0.130. The first-order valence-corrected chi connectivity index (χ1v) is 13.3. The quantitative estimate of drug-likeness (QED) is 0.461. The van der Waals surface area contributed by atoms with E-state index in [1.54, 1.807) is 12.1 Å². The van der Waals surface area contributed by atoms with Gasteiger partial charge in [-0.05, 0) is 69.1 Å². The number of piperidine rings is 1. The van der Waals surface area contributed by atoms with Gasteiger partial charge in [0.1, 0.15) is 11.4 Å². The summed E-state index contributed by atoms with van der Waals surface area (Å²) < 4.78 is 46.5. The molecule has 0 saturated carbocycles. The summed E-state index contributed by atoms with van der Waals surface area (Å²) in [4.78, 5) is 12.2. The molecule has 1 aromatic carbocycles. The van der Waals surface area contributed by atoms with Crippen molar-refractivity contribution >= 4 is 11.7 Å². The number of aromatic nitrogens is 3. The minimum atomic E-state index is -4.67. The molecule has 3 aromatic rings. The normalized spacial score (nSPS) is 19.9. The largest absolute Gasteiger partial charge is 0.573 e. The Morgan fingerprint density at radius 1 is 1.03 bits per heavy atom. The first-order valence-electron chi connectivity index (χ1n) is 13.3. The minimum Gasteiger partial charge on any atom is -0.406 e. The van der Waals surface area contributed by atoms with Gasteiger partial charge in [-0.1, -0.05) is 24.2 Å². The molecule has 2 aliphatic rings. The molecule has 4 heterocycles. The number of nitrogen functional groups attached to an aromatic ring is 1. The first kappa shape index (κ1) is 27.2. The Morgan fingerprint density at radius 3 is 2.38 bits per heavy atom. The molecule has 0 spiro atoms. The van der Waals surface area contributed by atoms with Crippen molar-refractivity contribution in [2.24, 2.45) is 0 Å². The van der Waals surface area contributed by atoms with E-state index in [0.717, 1.165) is 75.5 Å². The van der Waals surface area contributed by atoms with E-state index < -0.39 is 6.36 Å². The fourth-order valence-corrected chi connectivity index (χ4v) is 5.74.